The summed E-state index contributed by atoms with van der Waals surface area (Å²) in [5.41, 5.74) is 3.20. The van der Waals surface area contributed by atoms with Gasteiger partial charge in [-0.05, 0) is 66.0 Å². The normalized spacial score (nSPS) is 12.1. The maximum Gasteiger partial charge on any atom is 0.407 e. The second-order valence-corrected chi connectivity index (χ2v) is 7.93. The second-order valence-electron chi connectivity index (χ2n) is 7.93. The summed E-state index contributed by atoms with van der Waals surface area (Å²) < 4.78 is 10.3. The first-order valence-electron chi connectivity index (χ1n) is 9.44. The summed E-state index contributed by atoms with van der Waals surface area (Å²) in [6.45, 7) is 13.0. The Labute approximate surface area is 167 Å². The first-order chi connectivity index (χ1) is 12.9. The number of anilines is 1. The van der Waals surface area contributed by atoms with E-state index in [-0.39, 0.29) is 18.9 Å². The van der Waals surface area contributed by atoms with Gasteiger partial charge < -0.3 is 20.1 Å². The number of hydrogen-bond acceptors (Lipinski definition) is 5. The number of benzene rings is 1. The fraction of sp³-hybridized carbons (Fsp3) is 0.571. The van der Waals surface area contributed by atoms with Crippen LogP contribution in [0.5, 0.6) is 0 Å². The topological polar surface area (TPSA) is 93.7 Å². The molecule has 0 spiro atoms. The van der Waals surface area contributed by atoms with Crippen molar-refractivity contribution < 1.29 is 23.9 Å². The van der Waals surface area contributed by atoms with E-state index in [9.17, 15) is 14.4 Å². The zero-order valence-electron chi connectivity index (χ0n) is 17.9. The van der Waals surface area contributed by atoms with Gasteiger partial charge in [0.15, 0.2) is 6.10 Å². The van der Waals surface area contributed by atoms with Crippen molar-refractivity contribution in [2.45, 2.75) is 73.0 Å². The molecule has 28 heavy (non-hydrogen) atoms. The highest BCUT2D eigenvalue weighted by molar-refractivity contribution is 5.96. The molecule has 1 atom stereocenters. The van der Waals surface area contributed by atoms with E-state index >= 15 is 0 Å². The maximum absolute atomic E-state index is 12.3. The van der Waals surface area contributed by atoms with Crippen molar-refractivity contribution in [3.8, 4) is 0 Å². The summed E-state index contributed by atoms with van der Waals surface area (Å²) in [6, 6.07) is 3.97. The molecule has 1 aromatic rings. The Bertz CT molecular complexity index is 699. The molecule has 156 valence electrons. The summed E-state index contributed by atoms with van der Waals surface area (Å²) >= 11 is 0. The van der Waals surface area contributed by atoms with E-state index < -0.39 is 23.8 Å². The van der Waals surface area contributed by atoms with Gasteiger partial charge in [-0.2, -0.15) is 0 Å². The van der Waals surface area contributed by atoms with E-state index in [0.717, 1.165) is 22.4 Å². The van der Waals surface area contributed by atoms with Gasteiger partial charge in [0.2, 0.25) is 0 Å². The van der Waals surface area contributed by atoms with E-state index in [2.05, 4.69) is 10.6 Å². The van der Waals surface area contributed by atoms with Crippen LogP contribution in [0.25, 0.3) is 0 Å². The first kappa shape index (κ1) is 23.5. The summed E-state index contributed by atoms with van der Waals surface area (Å²) in [7, 11) is 0. The third-order valence-corrected chi connectivity index (χ3v) is 3.83. The van der Waals surface area contributed by atoms with Crippen molar-refractivity contribution in [3.63, 3.8) is 0 Å². The van der Waals surface area contributed by atoms with Crippen molar-refractivity contribution >= 4 is 23.7 Å². The number of carbonyl (C=O) groups excluding carboxylic acids is 3. The van der Waals surface area contributed by atoms with Crippen LogP contribution in [0.1, 0.15) is 57.2 Å². The van der Waals surface area contributed by atoms with Crippen LogP contribution < -0.4 is 10.6 Å². The fourth-order valence-corrected chi connectivity index (χ4v) is 2.65. The highest BCUT2D eigenvalue weighted by atomic mass is 16.6. The number of rotatable bonds is 7. The summed E-state index contributed by atoms with van der Waals surface area (Å²) in [5, 5.41) is 5.40. The number of carbonyl (C=O) groups is 3. The molecule has 0 saturated carbocycles. The highest BCUT2D eigenvalue weighted by Gasteiger charge is 2.20. The van der Waals surface area contributed by atoms with Crippen molar-refractivity contribution in [2.24, 2.45) is 0 Å². The van der Waals surface area contributed by atoms with Crippen LogP contribution in [0.4, 0.5) is 10.5 Å². The number of hydrogen-bond donors (Lipinski definition) is 2. The Morgan fingerprint density at radius 2 is 1.64 bits per heavy atom. The Morgan fingerprint density at radius 1 is 1.07 bits per heavy atom. The van der Waals surface area contributed by atoms with E-state index in [1.807, 2.05) is 32.9 Å². The second kappa shape index (κ2) is 10.1. The molecule has 0 aliphatic heterocycles. The molecule has 0 aliphatic carbocycles. The van der Waals surface area contributed by atoms with E-state index in [0.29, 0.717) is 6.42 Å². The molecule has 2 amide bonds. The quantitative estimate of drug-likeness (QED) is 0.544. The lowest BCUT2D eigenvalue weighted by atomic mass is 10.0. The van der Waals surface area contributed by atoms with Gasteiger partial charge in [0.05, 0.1) is 0 Å². The van der Waals surface area contributed by atoms with Crippen LogP contribution >= 0.6 is 0 Å². The maximum atomic E-state index is 12.3. The molecule has 2 N–H and O–H groups in total. The van der Waals surface area contributed by atoms with Gasteiger partial charge in [-0.25, -0.2) is 4.79 Å². The Balaban J connectivity index is 2.40. The van der Waals surface area contributed by atoms with Gasteiger partial charge in [-0.15, -0.1) is 0 Å². The summed E-state index contributed by atoms with van der Waals surface area (Å²) in [4.78, 5) is 35.8. The highest BCUT2D eigenvalue weighted by Crippen LogP contribution is 2.22. The molecular formula is C21H32N2O5. The van der Waals surface area contributed by atoms with Crippen molar-refractivity contribution in [3.05, 3.63) is 28.8 Å². The van der Waals surface area contributed by atoms with Gasteiger partial charge in [0.1, 0.15) is 5.60 Å². The van der Waals surface area contributed by atoms with Gasteiger partial charge in [0, 0.05) is 18.7 Å². The molecule has 0 fully saturated rings. The van der Waals surface area contributed by atoms with Crippen molar-refractivity contribution in [1.29, 1.82) is 0 Å². The number of amides is 2. The molecule has 1 rings (SSSR count). The molecule has 0 saturated heterocycles. The molecule has 0 radical (unpaired) electrons. The lowest BCUT2D eigenvalue weighted by Gasteiger charge is -2.19. The monoisotopic (exact) mass is 392 g/mol. The predicted molar refractivity (Wildman–Crippen MR) is 108 cm³/mol. The van der Waals surface area contributed by atoms with Gasteiger partial charge >= 0.3 is 12.1 Å². The minimum atomic E-state index is -0.911. The van der Waals surface area contributed by atoms with Crippen LogP contribution in [-0.2, 0) is 19.1 Å². The zero-order chi connectivity index (χ0) is 21.5. The minimum Gasteiger partial charge on any atom is -0.453 e. The first-order valence-corrected chi connectivity index (χ1v) is 9.44. The van der Waals surface area contributed by atoms with Crippen LogP contribution in [-0.4, -0.2) is 36.2 Å². The van der Waals surface area contributed by atoms with Gasteiger partial charge in [-0.1, -0.05) is 17.7 Å². The fourth-order valence-electron chi connectivity index (χ4n) is 2.65. The average Bonchev–Trinajstić information content (AvgIpc) is 2.53. The molecule has 0 aliphatic rings. The van der Waals surface area contributed by atoms with E-state index in [1.54, 1.807) is 20.8 Å². The lowest BCUT2D eigenvalue weighted by Crippen LogP contribution is -2.33. The van der Waals surface area contributed by atoms with E-state index in [4.69, 9.17) is 9.47 Å². The average molecular weight is 392 g/mol. The minimum absolute atomic E-state index is 0.0933. The molecular weight excluding hydrogens is 360 g/mol. The van der Waals surface area contributed by atoms with Crippen LogP contribution in [0, 0.1) is 20.8 Å². The zero-order valence-corrected chi connectivity index (χ0v) is 17.9. The number of alkyl carbamates (subject to hydrolysis) is 1. The number of ether oxygens (including phenoxy) is 2. The summed E-state index contributed by atoms with van der Waals surface area (Å²) in [5.74, 6) is -0.874. The van der Waals surface area contributed by atoms with E-state index in [1.165, 1.54) is 6.92 Å². The molecule has 0 unspecified atom stereocenters. The molecule has 0 heterocycles. The molecule has 7 nitrogen and oxygen atoms in total. The van der Waals surface area contributed by atoms with Crippen molar-refractivity contribution in [2.75, 3.05) is 11.9 Å². The van der Waals surface area contributed by atoms with Crippen LogP contribution in [0.3, 0.4) is 0 Å². The predicted octanol–water partition coefficient (Wildman–Crippen LogP) is 3.79. The van der Waals surface area contributed by atoms with Crippen LogP contribution in [0.2, 0.25) is 0 Å². The SMILES string of the molecule is Cc1cc(C)c(NC(=O)[C@@H](C)OC(=O)CCCNC(=O)OC(C)(C)C)c(C)c1. The molecule has 1 aromatic carbocycles. The van der Waals surface area contributed by atoms with Crippen molar-refractivity contribution in [1.82, 2.24) is 5.32 Å². The number of nitrogens with one attached hydrogen (secondary N) is 2. The standard InChI is InChI=1S/C21H32N2O5/c1-13-11-14(2)18(15(3)12-13)23-19(25)16(4)27-17(24)9-8-10-22-20(26)28-21(5,6)7/h11-12,16H,8-10H2,1-7H3,(H,22,26)(H,23,25)/t16-/m1/s1. The summed E-state index contributed by atoms with van der Waals surface area (Å²) in [6.07, 6.45) is -0.956. The smallest absolute Gasteiger partial charge is 0.407 e. The molecule has 7 heteroatoms. The van der Waals surface area contributed by atoms with Crippen LogP contribution in [0.15, 0.2) is 12.1 Å². The third-order valence-electron chi connectivity index (χ3n) is 3.83. The van der Waals surface area contributed by atoms with Gasteiger partial charge in [-0.3, -0.25) is 9.59 Å². The third kappa shape index (κ3) is 8.41. The molecule has 0 bridgehead atoms. The number of aryl methyl sites for hydroxylation is 3. The Morgan fingerprint density at radius 3 is 2.18 bits per heavy atom. The molecule has 0 aromatic heterocycles. The lowest BCUT2D eigenvalue weighted by molar-refractivity contribution is -0.153. The van der Waals surface area contributed by atoms with Gasteiger partial charge in [0.25, 0.3) is 5.91 Å². The number of esters is 1. The Kier molecular flexibility index (Phi) is 8.47. The largest absolute Gasteiger partial charge is 0.453 e. The Hall–Kier alpha value is -2.57.